The van der Waals surface area contributed by atoms with E-state index in [0.29, 0.717) is 22.4 Å². The molecule has 4 aromatic rings. The number of hydrogen-bond acceptors (Lipinski definition) is 7. The quantitative estimate of drug-likeness (QED) is 0.174. The first-order chi connectivity index (χ1) is 19.4. The van der Waals surface area contributed by atoms with E-state index in [2.05, 4.69) is 44.5 Å². The van der Waals surface area contributed by atoms with Crippen molar-refractivity contribution in [1.82, 2.24) is 20.2 Å². The molecule has 0 unspecified atom stereocenters. The summed E-state index contributed by atoms with van der Waals surface area (Å²) in [6.45, 7) is 4.52. The van der Waals surface area contributed by atoms with E-state index in [4.69, 9.17) is 25.9 Å². The second-order valence-corrected chi connectivity index (χ2v) is 13.1. The number of hydrogen-bond donors (Lipinski definition) is 4. The highest BCUT2D eigenvalue weighted by Gasteiger charge is 2.26. The van der Waals surface area contributed by atoms with Crippen molar-refractivity contribution < 1.29 is 19.1 Å². The van der Waals surface area contributed by atoms with Crippen LogP contribution in [0.15, 0.2) is 47.5 Å². The Balaban J connectivity index is 1.30. The van der Waals surface area contributed by atoms with E-state index in [-0.39, 0.29) is 18.6 Å². The molecule has 1 saturated carbocycles. The Morgan fingerprint density at radius 2 is 2.02 bits per heavy atom. The van der Waals surface area contributed by atoms with Gasteiger partial charge in [-0.15, -0.1) is 11.8 Å². The minimum absolute atomic E-state index is 0.0671. The Morgan fingerprint density at radius 3 is 2.77 bits per heavy atom. The van der Waals surface area contributed by atoms with Crippen molar-refractivity contribution in [3.63, 3.8) is 0 Å². The number of thioether (sulfide) groups is 1. The van der Waals surface area contributed by atoms with Crippen molar-refractivity contribution in [1.29, 1.82) is 0 Å². The number of H-pyrrole nitrogens is 1. The third-order valence-electron chi connectivity index (χ3n) is 7.71. The first-order valence-electron chi connectivity index (χ1n) is 13.6. The summed E-state index contributed by atoms with van der Waals surface area (Å²) in [5.41, 5.74) is 5.23. The number of aryl methyl sites for hydroxylation is 1. The molecule has 210 valence electrons. The molecular formula is C29H32ClN4O4PS. The number of carbonyl (C=O) groups excluding carboxylic acids is 1. The highest BCUT2D eigenvalue weighted by atomic mass is 35.5. The molecule has 0 spiro atoms. The van der Waals surface area contributed by atoms with Crippen molar-refractivity contribution in [3.8, 4) is 11.1 Å². The summed E-state index contributed by atoms with van der Waals surface area (Å²) in [6.07, 6.45) is 5.81. The summed E-state index contributed by atoms with van der Waals surface area (Å²) in [7, 11) is -2.32. The van der Waals surface area contributed by atoms with Gasteiger partial charge in [-0.25, -0.2) is 4.98 Å². The summed E-state index contributed by atoms with van der Waals surface area (Å²) in [6, 6.07) is 12.6. The number of aromatic nitrogens is 2. The predicted molar refractivity (Wildman–Crippen MR) is 162 cm³/mol. The average molecular weight is 599 g/mol. The molecular weight excluding hydrogens is 567 g/mol. The van der Waals surface area contributed by atoms with Crippen LogP contribution in [-0.4, -0.2) is 68.1 Å². The van der Waals surface area contributed by atoms with Gasteiger partial charge in [-0.3, -0.25) is 4.79 Å². The van der Waals surface area contributed by atoms with Crippen LogP contribution in [0.2, 0.25) is 5.02 Å². The van der Waals surface area contributed by atoms with Crippen LogP contribution in [0.3, 0.4) is 0 Å². The van der Waals surface area contributed by atoms with Gasteiger partial charge in [-0.2, -0.15) is 0 Å². The van der Waals surface area contributed by atoms with E-state index >= 15 is 0 Å². The van der Waals surface area contributed by atoms with E-state index in [1.54, 1.807) is 6.20 Å². The molecule has 2 fully saturated rings. The van der Waals surface area contributed by atoms with Crippen LogP contribution in [0.25, 0.3) is 33.1 Å². The van der Waals surface area contributed by atoms with Crippen LogP contribution in [0.4, 0.5) is 0 Å². The Hall–Kier alpha value is -2.23. The van der Waals surface area contributed by atoms with Crippen molar-refractivity contribution in [2.75, 3.05) is 26.2 Å². The molecule has 40 heavy (non-hydrogen) atoms. The van der Waals surface area contributed by atoms with Crippen LogP contribution in [0, 0.1) is 6.92 Å². The largest absolute Gasteiger partial charge is 0.349 e. The Morgan fingerprint density at radius 1 is 1.23 bits per heavy atom. The molecule has 0 radical (unpaired) electrons. The first-order valence-corrected chi connectivity index (χ1v) is 16.0. The van der Waals surface area contributed by atoms with Gasteiger partial charge in [-0.1, -0.05) is 23.7 Å². The van der Waals surface area contributed by atoms with E-state index in [1.807, 2.05) is 30.8 Å². The number of fused-ring (bicyclic) bond motifs is 3. The summed E-state index contributed by atoms with van der Waals surface area (Å²) < 4.78 is 4.90. The second kappa shape index (κ2) is 11.9. The standard InChI is InChI=1S/C29H32ClN4O4PS/c1-17-23(29(35)32-20-7-9-34(10-8-20)11-12-38-39(36)37)15-24(18-3-2-4-22(13-18)40-21-5-6-21)26-25-14-19(30)16-31-28(25)33-27(17)26/h2-4,13-16,20-21,36-37H,5-12H2,1H3,(H,31,33)(H,32,35). The summed E-state index contributed by atoms with van der Waals surface area (Å²) in [4.78, 5) is 43.0. The molecule has 1 amide bonds. The monoisotopic (exact) mass is 598 g/mol. The zero-order valence-corrected chi connectivity index (χ0v) is 24.7. The molecule has 11 heteroatoms. The lowest BCUT2D eigenvalue weighted by Gasteiger charge is -2.32. The van der Waals surface area contributed by atoms with Gasteiger partial charge in [0.15, 0.2) is 0 Å². The molecule has 2 aromatic heterocycles. The van der Waals surface area contributed by atoms with Crippen LogP contribution < -0.4 is 5.32 Å². The molecule has 3 heterocycles. The van der Waals surface area contributed by atoms with E-state index in [1.165, 1.54) is 17.7 Å². The topological polar surface area (TPSA) is 111 Å². The molecule has 0 bridgehead atoms. The predicted octanol–water partition coefficient (Wildman–Crippen LogP) is 6.02. The van der Waals surface area contributed by atoms with Crippen molar-refractivity contribution >= 4 is 59.8 Å². The van der Waals surface area contributed by atoms with E-state index in [9.17, 15) is 4.79 Å². The number of halogens is 1. The van der Waals surface area contributed by atoms with Gasteiger partial charge in [0.25, 0.3) is 5.91 Å². The lowest BCUT2D eigenvalue weighted by molar-refractivity contribution is 0.0903. The van der Waals surface area contributed by atoms with Gasteiger partial charge in [-0.05, 0) is 73.6 Å². The molecule has 4 N–H and O–H groups in total. The highest BCUT2D eigenvalue weighted by molar-refractivity contribution is 8.00. The van der Waals surface area contributed by atoms with Crippen LogP contribution in [0.5, 0.6) is 0 Å². The number of aromatic amines is 1. The fourth-order valence-corrected chi connectivity index (χ4v) is 6.97. The molecule has 1 saturated heterocycles. The van der Waals surface area contributed by atoms with E-state index < -0.39 is 8.60 Å². The normalized spacial score (nSPS) is 16.8. The number of nitrogens with zero attached hydrogens (tertiary/aromatic N) is 2. The number of amides is 1. The maximum Gasteiger partial charge on any atom is 0.327 e. The van der Waals surface area contributed by atoms with Gasteiger partial charge in [0.2, 0.25) is 0 Å². The zero-order valence-electron chi connectivity index (χ0n) is 22.2. The molecule has 2 aromatic carbocycles. The molecule has 1 aliphatic carbocycles. The Labute approximate surface area is 243 Å². The first kappa shape index (κ1) is 27.9. The van der Waals surface area contributed by atoms with Gasteiger partial charge < -0.3 is 29.5 Å². The number of pyridine rings is 1. The van der Waals surface area contributed by atoms with Crippen molar-refractivity contribution in [2.24, 2.45) is 0 Å². The minimum atomic E-state index is -2.32. The second-order valence-electron chi connectivity index (χ2n) is 10.5. The molecule has 0 atom stereocenters. The number of piperidine rings is 1. The number of nitrogens with one attached hydrogen (secondary N) is 2. The number of likely N-dealkylation sites (tertiary alicyclic amines) is 1. The third kappa shape index (κ3) is 6.16. The highest BCUT2D eigenvalue weighted by Crippen LogP contribution is 2.42. The lowest BCUT2D eigenvalue weighted by atomic mass is 9.93. The summed E-state index contributed by atoms with van der Waals surface area (Å²) >= 11 is 8.29. The molecule has 8 nitrogen and oxygen atoms in total. The number of carbonyl (C=O) groups is 1. The maximum absolute atomic E-state index is 13.7. The van der Waals surface area contributed by atoms with E-state index in [0.717, 1.165) is 64.6 Å². The summed E-state index contributed by atoms with van der Waals surface area (Å²) in [5.74, 6) is -0.0817. The van der Waals surface area contributed by atoms with Gasteiger partial charge in [0.05, 0.1) is 17.1 Å². The van der Waals surface area contributed by atoms with Crippen molar-refractivity contribution in [2.45, 2.75) is 48.8 Å². The number of rotatable bonds is 9. The molecule has 1 aliphatic heterocycles. The average Bonchev–Trinajstić information content (AvgIpc) is 3.67. The Bertz CT molecular complexity index is 1550. The van der Waals surface area contributed by atoms with Crippen LogP contribution >= 0.6 is 32.0 Å². The summed E-state index contributed by atoms with van der Waals surface area (Å²) in [5, 5.41) is 6.52. The van der Waals surface area contributed by atoms with Gasteiger partial charge in [0, 0.05) is 58.4 Å². The Kier molecular flexibility index (Phi) is 8.33. The van der Waals surface area contributed by atoms with Crippen molar-refractivity contribution in [3.05, 3.63) is 58.7 Å². The smallest absolute Gasteiger partial charge is 0.327 e. The third-order valence-corrected chi connectivity index (χ3v) is 9.66. The fourth-order valence-electron chi connectivity index (χ4n) is 5.46. The van der Waals surface area contributed by atoms with Gasteiger partial charge in [0.1, 0.15) is 5.65 Å². The SMILES string of the molecule is Cc1c(C(=O)NC2CCN(CCOP(O)O)CC2)cc(-c2cccc(SC3CC3)c2)c2c1[nH]c1ncc(Cl)cc12. The maximum atomic E-state index is 13.7. The lowest BCUT2D eigenvalue weighted by Crippen LogP contribution is -2.45. The minimum Gasteiger partial charge on any atom is -0.349 e. The molecule has 2 aliphatic rings. The number of benzene rings is 2. The van der Waals surface area contributed by atoms with Crippen LogP contribution in [-0.2, 0) is 4.52 Å². The fraction of sp³-hybridized carbons (Fsp3) is 0.379. The zero-order chi connectivity index (χ0) is 27.8. The van der Waals surface area contributed by atoms with Crippen LogP contribution in [0.1, 0.15) is 41.6 Å². The van der Waals surface area contributed by atoms with Gasteiger partial charge >= 0.3 is 8.60 Å². The molecule has 6 rings (SSSR count).